The standard InChI is InChI=1S/C18H15ClN2O3S/c1-24-13-8-6-12(7-9-13)10-16-17(22)21(18(23)25-16)11-20-15-5-3-2-4-14(15)19/h2-10,20H,11H2,1H3. The lowest BCUT2D eigenvalue weighted by molar-refractivity contribution is -0.122. The van der Waals surface area contributed by atoms with Gasteiger partial charge in [-0.15, -0.1) is 0 Å². The molecule has 2 aromatic rings. The highest BCUT2D eigenvalue weighted by molar-refractivity contribution is 8.18. The highest BCUT2D eigenvalue weighted by Crippen LogP contribution is 2.32. The van der Waals surface area contributed by atoms with Gasteiger partial charge in [-0.2, -0.15) is 0 Å². The molecule has 0 radical (unpaired) electrons. The molecule has 0 unspecified atom stereocenters. The summed E-state index contributed by atoms with van der Waals surface area (Å²) in [7, 11) is 1.59. The number of nitrogens with one attached hydrogen (secondary N) is 1. The Morgan fingerprint density at radius 2 is 1.88 bits per heavy atom. The molecular weight excluding hydrogens is 360 g/mol. The minimum Gasteiger partial charge on any atom is -0.497 e. The molecule has 0 bridgehead atoms. The van der Waals surface area contributed by atoms with E-state index >= 15 is 0 Å². The Bertz CT molecular complexity index is 836. The Morgan fingerprint density at radius 1 is 1.16 bits per heavy atom. The molecule has 0 aliphatic carbocycles. The number of nitrogens with zero attached hydrogens (tertiary/aromatic N) is 1. The van der Waals surface area contributed by atoms with Gasteiger partial charge in [-0.25, -0.2) is 0 Å². The first kappa shape index (κ1) is 17.4. The third-order valence-corrected chi connectivity index (χ3v) is 4.83. The molecule has 5 nitrogen and oxygen atoms in total. The smallest absolute Gasteiger partial charge is 0.295 e. The highest BCUT2D eigenvalue weighted by atomic mass is 35.5. The minimum atomic E-state index is -0.328. The molecule has 0 saturated carbocycles. The maximum Gasteiger partial charge on any atom is 0.295 e. The van der Waals surface area contributed by atoms with Crippen LogP contribution in [0.5, 0.6) is 5.75 Å². The Hall–Kier alpha value is -2.44. The van der Waals surface area contributed by atoms with Gasteiger partial charge in [0.15, 0.2) is 0 Å². The van der Waals surface area contributed by atoms with Crippen molar-refractivity contribution in [1.29, 1.82) is 0 Å². The van der Waals surface area contributed by atoms with E-state index in [0.29, 0.717) is 15.6 Å². The lowest BCUT2D eigenvalue weighted by atomic mass is 10.2. The number of carbonyl (C=O) groups excluding carboxylic acids is 2. The lowest BCUT2D eigenvalue weighted by Gasteiger charge is -2.15. The van der Waals surface area contributed by atoms with Gasteiger partial charge in [0, 0.05) is 0 Å². The summed E-state index contributed by atoms with van der Waals surface area (Å²) in [6.07, 6.45) is 1.69. The van der Waals surface area contributed by atoms with Crippen LogP contribution >= 0.6 is 23.4 Å². The number of para-hydroxylation sites is 1. The van der Waals surface area contributed by atoms with Crippen molar-refractivity contribution < 1.29 is 14.3 Å². The zero-order chi connectivity index (χ0) is 17.8. The highest BCUT2D eigenvalue weighted by Gasteiger charge is 2.34. The monoisotopic (exact) mass is 374 g/mol. The molecule has 1 N–H and O–H groups in total. The van der Waals surface area contributed by atoms with Crippen LogP contribution in [0.1, 0.15) is 5.56 Å². The molecule has 0 spiro atoms. The number of imide groups is 1. The van der Waals surface area contributed by atoms with Crippen molar-refractivity contribution in [3.63, 3.8) is 0 Å². The zero-order valence-electron chi connectivity index (χ0n) is 13.4. The van der Waals surface area contributed by atoms with Gasteiger partial charge in [-0.1, -0.05) is 35.9 Å². The van der Waals surface area contributed by atoms with Gasteiger partial charge >= 0.3 is 0 Å². The van der Waals surface area contributed by atoms with Crippen LogP contribution < -0.4 is 10.1 Å². The number of halogens is 1. The van der Waals surface area contributed by atoms with Gasteiger partial charge in [-0.3, -0.25) is 14.5 Å². The number of rotatable bonds is 5. The van der Waals surface area contributed by atoms with Crippen LogP contribution in [0.4, 0.5) is 10.5 Å². The second kappa shape index (κ2) is 7.63. The van der Waals surface area contributed by atoms with E-state index in [0.717, 1.165) is 28.0 Å². The van der Waals surface area contributed by atoms with E-state index in [4.69, 9.17) is 16.3 Å². The van der Waals surface area contributed by atoms with Crippen molar-refractivity contribution >= 4 is 46.3 Å². The van der Waals surface area contributed by atoms with E-state index in [1.54, 1.807) is 37.5 Å². The van der Waals surface area contributed by atoms with Crippen LogP contribution in [0.2, 0.25) is 5.02 Å². The Balaban J connectivity index is 1.71. The molecular formula is C18H15ClN2O3S. The molecule has 2 amide bonds. The zero-order valence-corrected chi connectivity index (χ0v) is 14.9. The van der Waals surface area contributed by atoms with Crippen LogP contribution in [0.3, 0.4) is 0 Å². The fourth-order valence-electron chi connectivity index (χ4n) is 2.26. The number of methoxy groups -OCH3 is 1. The molecule has 1 aliphatic rings. The fraction of sp³-hybridized carbons (Fsp3) is 0.111. The molecule has 1 fully saturated rings. The number of carbonyl (C=O) groups is 2. The Labute approximate surface area is 154 Å². The SMILES string of the molecule is COc1ccc(C=C2SC(=O)N(CNc3ccccc3Cl)C2=O)cc1. The van der Waals surface area contributed by atoms with Gasteiger partial charge < -0.3 is 10.1 Å². The van der Waals surface area contributed by atoms with Crippen molar-refractivity contribution in [2.24, 2.45) is 0 Å². The summed E-state index contributed by atoms with van der Waals surface area (Å²) >= 11 is 6.99. The molecule has 25 heavy (non-hydrogen) atoms. The number of benzene rings is 2. The summed E-state index contributed by atoms with van der Waals surface area (Å²) in [6.45, 7) is 0.0638. The predicted molar refractivity (Wildman–Crippen MR) is 101 cm³/mol. The van der Waals surface area contributed by atoms with Gasteiger partial charge in [0.1, 0.15) is 5.75 Å². The maximum atomic E-state index is 12.5. The summed E-state index contributed by atoms with van der Waals surface area (Å²) in [6, 6.07) is 14.4. The van der Waals surface area contributed by atoms with E-state index < -0.39 is 0 Å². The molecule has 3 rings (SSSR count). The first-order chi connectivity index (χ1) is 12.1. The van der Waals surface area contributed by atoms with Gasteiger partial charge in [0.2, 0.25) is 0 Å². The topological polar surface area (TPSA) is 58.6 Å². The van der Waals surface area contributed by atoms with E-state index in [2.05, 4.69) is 5.32 Å². The van der Waals surface area contributed by atoms with Gasteiger partial charge in [0.05, 0.1) is 29.4 Å². The molecule has 0 aromatic heterocycles. The van der Waals surface area contributed by atoms with Gasteiger partial charge in [0.25, 0.3) is 11.1 Å². The second-order valence-corrected chi connectivity index (χ2v) is 6.60. The number of hydrogen-bond donors (Lipinski definition) is 1. The van der Waals surface area contributed by atoms with Crippen LogP contribution in [0.25, 0.3) is 6.08 Å². The molecule has 0 atom stereocenters. The van der Waals surface area contributed by atoms with Crippen LogP contribution in [0.15, 0.2) is 53.4 Å². The molecule has 1 heterocycles. The fourth-order valence-corrected chi connectivity index (χ4v) is 3.30. The largest absolute Gasteiger partial charge is 0.497 e. The third-order valence-electron chi connectivity index (χ3n) is 3.59. The second-order valence-electron chi connectivity index (χ2n) is 5.20. The number of anilines is 1. The number of ether oxygens (including phenoxy) is 1. The van der Waals surface area contributed by atoms with Crippen LogP contribution in [-0.4, -0.2) is 29.8 Å². The predicted octanol–water partition coefficient (Wildman–Crippen LogP) is 4.45. The van der Waals surface area contributed by atoms with E-state index in [1.165, 1.54) is 0 Å². The molecule has 1 saturated heterocycles. The number of thioether (sulfide) groups is 1. The van der Waals surface area contributed by atoms with E-state index in [-0.39, 0.29) is 17.8 Å². The van der Waals surface area contributed by atoms with Crippen molar-refractivity contribution in [2.75, 3.05) is 19.1 Å². The molecule has 7 heteroatoms. The normalized spacial score (nSPS) is 15.8. The summed E-state index contributed by atoms with van der Waals surface area (Å²) in [5.41, 5.74) is 1.49. The van der Waals surface area contributed by atoms with Crippen molar-refractivity contribution in [3.05, 3.63) is 64.0 Å². The minimum absolute atomic E-state index is 0.0638. The first-order valence-electron chi connectivity index (χ1n) is 7.46. The summed E-state index contributed by atoms with van der Waals surface area (Å²) in [4.78, 5) is 26.1. The van der Waals surface area contributed by atoms with E-state index in [1.807, 2.05) is 24.3 Å². The van der Waals surface area contributed by atoms with E-state index in [9.17, 15) is 9.59 Å². The number of amides is 2. The summed E-state index contributed by atoms with van der Waals surface area (Å²) in [5, 5.41) is 3.23. The van der Waals surface area contributed by atoms with Crippen molar-refractivity contribution in [2.45, 2.75) is 0 Å². The molecule has 2 aromatic carbocycles. The Morgan fingerprint density at radius 3 is 2.56 bits per heavy atom. The average molecular weight is 375 g/mol. The Kier molecular flexibility index (Phi) is 5.31. The van der Waals surface area contributed by atoms with Gasteiger partial charge in [-0.05, 0) is 47.7 Å². The quantitative estimate of drug-likeness (QED) is 0.783. The van der Waals surface area contributed by atoms with Crippen molar-refractivity contribution in [1.82, 2.24) is 4.90 Å². The summed E-state index contributed by atoms with van der Waals surface area (Å²) in [5.74, 6) is 0.402. The maximum absolute atomic E-state index is 12.5. The lowest BCUT2D eigenvalue weighted by Crippen LogP contribution is -2.33. The molecule has 128 valence electrons. The molecule has 1 aliphatic heterocycles. The van der Waals surface area contributed by atoms with Crippen LogP contribution in [0, 0.1) is 0 Å². The van der Waals surface area contributed by atoms with Crippen molar-refractivity contribution in [3.8, 4) is 5.75 Å². The number of hydrogen-bond acceptors (Lipinski definition) is 5. The summed E-state index contributed by atoms with van der Waals surface area (Å²) < 4.78 is 5.10. The van der Waals surface area contributed by atoms with Crippen LogP contribution in [-0.2, 0) is 4.79 Å². The first-order valence-corrected chi connectivity index (χ1v) is 8.66. The average Bonchev–Trinajstić information content (AvgIpc) is 2.88. The third kappa shape index (κ3) is 3.97.